The molecular weight excluding hydrogens is 244 g/mol. The lowest BCUT2D eigenvalue weighted by molar-refractivity contribution is 0.947. The number of benzene rings is 1. The fourth-order valence-corrected chi connectivity index (χ4v) is 2.16. The Morgan fingerprint density at radius 3 is 2.67 bits per heavy atom. The molecule has 2 aromatic heterocycles. The predicted molar refractivity (Wildman–Crippen MR) is 74.5 cm³/mol. The monoisotopic (exact) mass is 256 g/mol. The van der Waals surface area contributed by atoms with E-state index in [-0.39, 0.29) is 0 Å². The lowest BCUT2D eigenvalue weighted by Crippen LogP contribution is -2.00. The Morgan fingerprint density at radius 2 is 1.89 bits per heavy atom. The van der Waals surface area contributed by atoms with Gasteiger partial charge < -0.3 is 5.32 Å². The van der Waals surface area contributed by atoms with E-state index in [0.29, 0.717) is 0 Å². The summed E-state index contributed by atoms with van der Waals surface area (Å²) < 4.78 is 1.78. The maximum atomic E-state index is 4.24. The average molecular weight is 256 g/mol. The summed E-state index contributed by atoms with van der Waals surface area (Å²) in [7, 11) is 0. The summed E-state index contributed by atoms with van der Waals surface area (Å²) in [6.07, 6.45) is 5.58. The molecule has 0 amide bonds. The number of hydrogen-bond acceptors (Lipinski definition) is 4. The first kappa shape index (κ1) is 11.1. The van der Waals surface area contributed by atoms with Gasteiger partial charge in [-0.15, -0.1) is 11.8 Å². The molecule has 1 N–H and O–H groups in total. The second-order valence-electron chi connectivity index (χ2n) is 3.78. The molecule has 0 spiro atoms. The van der Waals surface area contributed by atoms with E-state index in [1.54, 1.807) is 28.7 Å². The number of anilines is 2. The summed E-state index contributed by atoms with van der Waals surface area (Å²) >= 11 is 1.73. The second-order valence-corrected chi connectivity index (χ2v) is 4.66. The summed E-state index contributed by atoms with van der Waals surface area (Å²) in [5.41, 5.74) is 1.87. The van der Waals surface area contributed by atoms with Crippen LogP contribution in [0, 0.1) is 0 Å². The molecule has 90 valence electrons. The van der Waals surface area contributed by atoms with Crippen molar-refractivity contribution in [1.29, 1.82) is 0 Å². The Kier molecular flexibility index (Phi) is 2.90. The summed E-state index contributed by atoms with van der Waals surface area (Å²) in [4.78, 5) is 5.48. The molecule has 3 rings (SSSR count). The molecule has 0 saturated heterocycles. The fraction of sp³-hybridized carbons (Fsp3) is 0.0769. The molecule has 0 aliphatic heterocycles. The van der Waals surface area contributed by atoms with E-state index in [4.69, 9.17) is 0 Å². The topological polar surface area (TPSA) is 42.2 Å². The van der Waals surface area contributed by atoms with Crippen LogP contribution >= 0.6 is 11.8 Å². The minimum absolute atomic E-state index is 0.834. The summed E-state index contributed by atoms with van der Waals surface area (Å²) in [5, 5.41) is 7.57. The van der Waals surface area contributed by atoms with Crippen LogP contribution in [0.5, 0.6) is 0 Å². The molecule has 18 heavy (non-hydrogen) atoms. The van der Waals surface area contributed by atoms with Crippen LogP contribution in [0.4, 0.5) is 11.5 Å². The SMILES string of the molecule is CSc1ccc(Nc2ccnc3ccnn23)cc1. The van der Waals surface area contributed by atoms with Crippen molar-refractivity contribution in [3.63, 3.8) is 0 Å². The summed E-state index contributed by atoms with van der Waals surface area (Å²) in [5.74, 6) is 0.905. The number of hydrogen-bond donors (Lipinski definition) is 1. The first-order valence-electron chi connectivity index (χ1n) is 5.56. The molecule has 3 aromatic rings. The van der Waals surface area contributed by atoms with Crippen molar-refractivity contribution < 1.29 is 0 Å². The zero-order valence-electron chi connectivity index (χ0n) is 9.87. The molecule has 0 bridgehead atoms. The van der Waals surface area contributed by atoms with E-state index in [9.17, 15) is 0 Å². The average Bonchev–Trinajstić information content (AvgIpc) is 2.89. The van der Waals surface area contributed by atoms with Crippen LogP contribution in [0.25, 0.3) is 5.65 Å². The highest BCUT2D eigenvalue weighted by Crippen LogP contribution is 2.20. The van der Waals surface area contributed by atoms with Gasteiger partial charge in [0.15, 0.2) is 5.65 Å². The van der Waals surface area contributed by atoms with Gasteiger partial charge in [-0.25, -0.2) is 4.98 Å². The Labute approximate surface area is 109 Å². The van der Waals surface area contributed by atoms with Gasteiger partial charge in [0.2, 0.25) is 0 Å². The molecule has 1 aromatic carbocycles. The third kappa shape index (κ3) is 2.04. The highest BCUT2D eigenvalue weighted by Gasteiger charge is 2.01. The minimum Gasteiger partial charge on any atom is -0.340 e. The van der Waals surface area contributed by atoms with Gasteiger partial charge in [0, 0.05) is 22.8 Å². The zero-order chi connectivity index (χ0) is 12.4. The van der Waals surface area contributed by atoms with E-state index in [1.165, 1.54) is 4.90 Å². The van der Waals surface area contributed by atoms with Gasteiger partial charge in [0.25, 0.3) is 0 Å². The molecule has 0 fully saturated rings. The molecule has 4 nitrogen and oxygen atoms in total. The van der Waals surface area contributed by atoms with Gasteiger partial charge in [-0.05, 0) is 36.6 Å². The number of aromatic nitrogens is 3. The number of fused-ring (bicyclic) bond motifs is 1. The molecule has 2 heterocycles. The third-order valence-corrected chi connectivity index (χ3v) is 3.40. The van der Waals surface area contributed by atoms with Crippen molar-refractivity contribution >= 4 is 28.9 Å². The lowest BCUT2D eigenvalue weighted by Gasteiger charge is -2.08. The Balaban J connectivity index is 1.93. The van der Waals surface area contributed by atoms with Crippen LogP contribution in [0.1, 0.15) is 0 Å². The molecule has 0 aliphatic rings. The van der Waals surface area contributed by atoms with Crippen LogP contribution in [-0.4, -0.2) is 20.9 Å². The standard InChI is InChI=1S/C13H12N4S/c1-18-11-4-2-10(3-5-11)16-13-6-8-14-12-7-9-15-17(12)13/h2-9,16H,1H3. The van der Waals surface area contributed by atoms with Crippen LogP contribution in [-0.2, 0) is 0 Å². The first-order chi connectivity index (χ1) is 8.86. The van der Waals surface area contributed by atoms with Crippen LogP contribution in [0.2, 0.25) is 0 Å². The van der Waals surface area contributed by atoms with E-state index < -0.39 is 0 Å². The molecule has 5 heteroatoms. The van der Waals surface area contributed by atoms with Crippen LogP contribution in [0.3, 0.4) is 0 Å². The highest BCUT2D eigenvalue weighted by atomic mass is 32.2. The molecular formula is C13H12N4S. The summed E-state index contributed by atoms with van der Waals surface area (Å²) in [6.45, 7) is 0. The van der Waals surface area contributed by atoms with Crippen LogP contribution < -0.4 is 5.32 Å². The maximum absolute atomic E-state index is 4.24. The third-order valence-electron chi connectivity index (χ3n) is 2.65. The van der Waals surface area contributed by atoms with Crippen molar-refractivity contribution in [2.45, 2.75) is 4.90 Å². The van der Waals surface area contributed by atoms with Gasteiger partial charge in [-0.1, -0.05) is 0 Å². The quantitative estimate of drug-likeness (QED) is 0.731. The zero-order valence-corrected chi connectivity index (χ0v) is 10.7. The fourth-order valence-electron chi connectivity index (χ4n) is 1.75. The van der Waals surface area contributed by atoms with Crippen molar-refractivity contribution in [3.05, 3.63) is 48.8 Å². The predicted octanol–water partition coefficient (Wildman–Crippen LogP) is 3.19. The Hall–Kier alpha value is -2.01. The van der Waals surface area contributed by atoms with Crippen molar-refractivity contribution in [3.8, 4) is 0 Å². The largest absolute Gasteiger partial charge is 0.340 e. The van der Waals surface area contributed by atoms with Gasteiger partial charge in [-0.3, -0.25) is 0 Å². The van der Waals surface area contributed by atoms with E-state index in [1.807, 2.05) is 12.1 Å². The maximum Gasteiger partial charge on any atom is 0.157 e. The Morgan fingerprint density at radius 1 is 1.06 bits per heavy atom. The Bertz CT molecular complexity index is 660. The van der Waals surface area contributed by atoms with Gasteiger partial charge >= 0.3 is 0 Å². The van der Waals surface area contributed by atoms with E-state index in [2.05, 4.69) is 45.9 Å². The lowest BCUT2D eigenvalue weighted by atomic mass is 10.3. The second kappa shape index (κ2) is 4.70. The van der Waals surface area contributed by atoms with E-state index >= 15 is 0 Å². The molecule has 0 atom stereocenters. The highest BCUT2D eigenvalue weighted by molar-refractivity contribution is 7.98. The molecule has 0 aliphatic carbocycles. The van der Waals surface area contributed by atoms with E-state index in [0.717, 1.165) is 17.2 Å². The number of thioether (sulfide) groups is 1. The molecule has 0 saturated carbocycles. The number of rotatable bonds is 3. The van der Waals surface area contributed by atoms with Gasteiger partial charge in [-0.2, -0.15) is 9.61 Å². The van der Waals surface area contributed by atoms with Crippen molar-refractivity contribution in [2.75, 3.05) is 11.6 Å². The van der Waals surface area contributed by atoms with Gasteiger partial charge in [0.1, 0.15) is 5.82 Å². The number of nitrogens with one attached hydrogen (secondary N) is 1. The normalized spacial score (nSPS) is 10.7. The first-order valence-corrected chi connectivity index (χ1v) is 6.79. The number of nitrogens with zero attached hydrogens (tertiary/aromatic N) is 3. The van der Waals surface area contributed by atoms with Gasteiger partial charge in [0.05, 0.1) is 6.20 Å². The smallest absolute Gasteiger partial charge is 0.157 e. The van der Waals surface area contributed by atoms with Crippen molar-refractivity contribution in [1.82, 2.24) is 14.6 Å². The molecule has 0 radical (unpaired) electrons. The minimum atomic E-state index is 0.834. The summed E-state index contributed by atoms with van der Waals surface area (Å²) in [6, 6.07) is 12.1. The van der Waals surface area contributed by atoms with Crippen LogP contribution in [0.15, 0.2) is 53.7 Å². The van der Waals surface area contributed by atoms with Crippen molar-refractivity contribution in [2.24, 2.45) is 0 Å². The molecule has 0 unspecified atom stereocenters.